The Hall–Kier alpha value is -3.10. The first-order chi connectivity index (χ1) is 10.4. The normalized spacial score (nSPS) is 11.0. The first-order valence-electron chi connectivity index (χ1n) is 5.97. The van der Waals surface area contributed by atoms with Crippen LogP contribution in [0.15, 0.2) is 40.2 Å². The van der Waals surface area contributed by atoms with E-state index in [0.717, 1.165) is 29.0 Å². The van der Waals surface area contributed by atoms with Gasteiger partial charge in [0.25, 0.3) is 5.56 Å². The molecule has 0 unspecified atom stereocenters. The lowest BCUT2D eigenvalue weighted by atomic mass is 10.2. The number of rotatable bonds is 4. The third-order valence-corrected chi connectivity index (χ3v) is 2.80. The molecular formula is C13H9F2N3O4. The first-order valence-corrected chi connectivity index (χ1v) is 5.97. The summed E-state index contributed by atoms with van der Waals surface area (Å²) in [6.45, 7) is -0.465. The summed E-state index contributed by atoms with van der Waals surface area (Å²) in [5, 5.41) is 10.3. The van der Waals surface area contributed by atoms with E-state index < -0.39 is 34.4 Å². The second-order valence-corrected chi connectivity index (χ2v) is 4.27. The van der Waals surface area contributed by atoms with Crippen LogP contribution >= 0.6 is 0 Å². The molecular weight excluding hydrogens is 300 g/mol. The van der Waals surface area contributed by atoms with E-state index >= 15 is 0 Å². The highest BCUT2D eigenvalue weighted by atomic mass is 19.1. The molecule has 0 bridgehead atoms. The Kier molecular flexibility index (Phi) is 4.25. The van der Waals surface area contributed by atoms with E-state index in [1.807, 2.05) is 4.98 Å². The molecule has 9 heteroatoms. The zero-order chi connectivity index (χ0) is 16.3. The molecule has 0 spiro atoms. The fourth-order valence-corrected chi connectivity index (χ4v) is 1.76. The van der Waals surface area contributed by atoms with Gasteiger partial charge in [-0.05, 0) is 12.1 Å². The minimum absolute atomic E-state index is 0.187. The topological polar surface area (TPSA) is 98.0 Å². The fraction of sp³-hybridized carbons (Fsp3) is 0.0769. The van der Waals surface area contributed by atoms with E-state index in [-0.39, 0.29) is 11.1 Å². The number of hydrogen-bond acceptors (Lipinski definition) is 4. The maximum atomic E-state index is 13.6. The van der Waals surface area contributed by atoms with Crippen LogP contribution in [0, 0.1) is 21.7 Å². The molecule has 22 heavy (non-hydrogen) atoms. The molecule has 1 heterocycles. The number of halogens is 2. The van der Waals surface area contributed by atoms with Crippen molar-refractivity contribution < 1.29 is 13.7 Å². The summed E-state index contributed by atoms with van der Waals surface area (Å²) in [4.78, 5) is 34.6. The quantitative estimate of drug-likeness (QED) is 0.675. The molecule has 0 atom stereocenters. The van der Waals surface area contributed by atoms with Crippen molar-refractivity contribution in [3.8, 4) is 0 Å². The average Bonchev–Trinajstić information content (AvgIpc) is 2.43. The van der Waals surface area contributed by atoms with E-state index in [1.54, 1.807) is 0 Å². The van der Waals surface area contributed by atoms with Gasteiger partial charge in [0, 0.05) is 17.8 Å². The molecule has 7 nitrogen and oxygen atoms in total. The number of H-pyrrole nitrogens is 1. The summed E-state index contributed by atoms with van der Waals surface area (Å²) in [5.41, 5.74) is -2.27. The molecule has 0 aliphatic heterocycles. The minimum Gasteiger partial charge on any atom is -0.295 e. The van der Waals surface area contributed by atoms with Crippen molar-refractivity contribution >= 4 is 6.08 Å². The molecule has 1 aromatic carbocycles. The van der Waals surface area contributed by atoms with Gasteiger partial charge in [0.1, 0.15) is 11.6 Å². The summed E-state index contributed by atoms with van der Waals surface area (Å²) in [6, 6.07) is 3.24. The lowest BCUT2D eigenvalue weighted by Gasteiger charge is -2.08. The van der Waals surface area contributed by atoms with Crippen molar-refractivity contribution in [3.05, 3.63) is 84.3 Å². The third kappa shape index (κ3) is 3.32. The highest BCUT2D eigenvalue weighted by Gasteiger charge is 2.11. The molecule has 0 saturated heterocycles. The van der Waals surface area contributed by atoms with E-state index in [9.17, 15) is 28.5 Å². The van der Waals surface area contributed by atoms with Crippen LogP contribution in [-0.2, 0) is 6.54 Å². The van der Waals surface area contributed by atoms with Gasteiger partial charge in [-0.1, -0.05) is 6.07 Å². The number of aromatic amines is 1. The van der Waals surface area contributed by atoms with Crippen molar-refractivity contribution in [1.82, 2.24) is 9.55 Å². The van der Waals surface area contributed by atoms with Crippen LogP contribution in [-0.4, -0.2) is 14.5 Å². The molecule has 0 fully saturated rings. The van der Waals surface area contributed by atoms with Gasteiger partial charge in [0.05, 0.1) is 17.0 Å². The standard InChI is InChI=1S/C13H9F2N3O4/c14-10-2-1-3-11(15)9(10)7-17-6-8(4-5-18(21)22)12(19)16-13(17)20/h1-6H,7H2,(H,16,19,20)/b5-4+. The van der Waals surface area contributed by atoms with Crippen LogP contribution in [0.2, 0.25) is 0 Å². The first kappa shape index (κ1) is 15.3. The molecule has 1 N–H and O–H groups in total. The zero-order valence-corrected chi connectivity index (χ0v) is 11.0. The lowest BCUT2D eigenvalue weighted by Crippen LogP contribution is -2.31. The summed E-state index contributed by atoms with van der Waals surface area (Å²) in [7, 11) is 0. The highest BCUT2D eigenvalue weighted by molar-refractivity contribution is 5.44. The molecule has 0 saturated carbocycles. The van der Waals surface area contributed by atoms with Gasteiger partial charge in [0.2, 0.25) is 6.20 Å². The van der Waals surface area contributed by atoms with Gasteiger partial charge in [-0.15, -0.1) is 0 Å². The Labute approximate surface area is 121 Å². The molecule has 114 valence electrons. The Morgan fingerprint density at radius 1 is 1.27 bits per heavy atom. The van der Waals surface area contributed by atoms with Gasteiger partial charge in [-0.2, -0.15) is 0 Å². The second-order valence-electron chi connectivity index (χ2n) is 4.27. The summed E-state index contributed by atoms with van der Waals surface area (Å²) in [6.07, 6.45) is 2.39. The number of benzene rings is 1. The summed E-state index contributed by atoms with van der Waals surface area (Å²) < 4.78 is 28.0. The fourth-order valence-electron chi connectivity index (χ4n) is 1.76. The number of nitrogens with one attached hydrogen (secondary N) is 1. The molecule has 2 aromatic rings. The van der Waals surface area contributed by atoms with Crippen molar-refractivity contribution in [2.45, 2.75) is 6.54 Å². The predicted octanol–water partition coefficient (Wildman–Crippen LogP) is 1.11. The monoisotopic (exact) mass is 309 g/mol. The maximum absolute atomic E-state index is 13.6. The van der Waals surface area contributed by atoms with E-state index in [2.05, 4.69) is 0 Å². The molecule has 0 amide bonds. The van der Waals surface area contributed by atoms with Crippen LogP contribution < -0.4 is 11.2 Å². The average molecular weight is 309 g/mol. The Bertz CT molecular complexity index is 850. The number of nitro groups is 1. The van der Waals surface area contributed by atoms with Gasteiger partial charge in [-0.3, -0.25) is 24.5 Å². The molecule has 1 aromatic heterocycles. The Balaban J connectivity index is 2.48. The molecule has 0 radical (unpaired) electrons. The van der Waals surface area contributed by atoms with E-state index in [4.69, 9.17) is 0 Å². The molecule has 0 aliphatic rings. The maximum Gasteiger partial charge on any atom is 0.328 e. The van der Waals surface area contributed by atoms with Gasteiger partial charge in [-0.25, -0.2) is 13.6 Å². The minimum atomic E-state index is -0.883. The Morgan fingerprint density at radius 2 is 1.91 bits per heavy atom. The van der Waals surface area contributed by atoms with Gasteiger partial charge in [0.15, 0.2) is 0 Å². The van der Waals surface area contributed by atoms with Crippen molar-refractivity contribution in [2.75, 3.05) is 0 Å². The van der Waals surface area contributed by atoms with Crippen LogP contribution in [0.4, 0.5) is 8.78 Å². The summed E-state index contributed by atoms with van der Waals surface area (Å²) >= 11 is 0. The lowest BCUT2D eigenvalue weighted by molar-refractivity contribution is -0.400. The number of hydrogen-bond donors (Lipinski definition) is 1. The van der Waals surface area contributed by atoms with Crippen molar-refractivity contribution in [1.29, 1.82) is 0 Å². The third-order valence-electron chi connectivity index (χ3n) is 2.80. The van der Waals surface area contributed by atoms with Crippen LogP contribution in [0.3, 0.4) is 0 Å². The molecule has 0 aliphatic carbocycles. The number of nitrogens with zero attached hydrogens (tertiary/aromatic N) is 2. The number of aromatic nitrogens is 2. The highest BCUT2D eigenvalue weighted by Crippen LogP contribution is 2.12. The van der Waals surface area contributed by atoms with E-state index in [0.29, 0.717) is 6.20 Å². The van der Waals surface area contributed by atoms with Crippen LogP contribution in [0.1, 0.15) is 11.1 Å². The van der Waals surface area contributed by atoms with Gasteiger partial charge < -0.3 is 0 Å². The Morgan fingerprint density at radius 3 is 2.50 bits per heavy atom. The SMILES string of the molecule is O=c1[nH]c(=O)n(Cc2c(F)cccc2F)cc1/C=C/[N+](=O)[O-]. The second kappa shape index (κ2) is 6.12. The smallest absolute Gasteiger partial charge is 0.295 e. The van der Waals surface area contributed by atoms with Crippen molar-refractivity contribution in [2.24, 2.45) is 0 Å². The van der Waals surface area contributed by atoms with Crippen LogP contribution in [0.5, 0.6) is 0 Å². The molecule has 2 rings (SSSR count). The summed E-state index contributed by atoms with van der Waals surface area (Å²) in [5.74, 6) is -1.69. The zero-order valence-electron chi connectivity index (χ0n) is 11.0. The van der Waals surface area contributed by atoms with Crippen molar-refractivity contribution in [3.63, 3.8) is 0 Å². The van der Waals surface area contributed by atoms with E-state index in [1.165, 1.54) is 6.07 Å². The largest absolute Gasteiger partial charge is 0.328 e. The van der Waals surface area contributed by atoms with Crippen LogP contribution in [0.25, 0.3) is 6.08 Å². The predicted molar refractivity (Wildman–Crippen MR) is 72.8 cm³/mol. The van der Waals surface area contributed by atoms with Gasteiger partial charge >= 0.3 is 5.69 Å².